The first kappa shape index (κ1) is 11.5. The van der Waals surface area contributed by atoms with E-state index in [4.69, 9.17) is 10.5 Å². The predicted molar refractivity (Wildman–Crippen MR) is 57.0 cm³/mol. The summed E-state index contributed by atoms with van der Waals surface area (Å²) in [5.41, 5.74) is 6.29. The highest BCUT2D eigenvalue weighted by Gasteiger charge is 2.14. The minimum Gasteiger partial charge on any atom is -0.490 e. The van der Waals surface area contributed by atoms with Crippen molar-refractivity contribution < 1.29 is 9.66 Å². The Morgan fingerprint density at radius 3 is 2.80 bits per heavy atom. The largest absolute Gasteiger partial charge is 0.490 e. The summed E-state index contributed by atoms with van der Waals surface area (Å²) < 4.78 is 4.90. The van der Waals surface area contributed by atoms with Gasteiger partial charge in [0, 0.05) is 6.07 Å². The van der Waals surface area contributed by atoms with Crippen LogP contribution in [-0.4, -0.2) is 18.6 Å². The van der Waals surface area contributed by atoms with Crippen molar-refractivity contribution in [2.24, 2.45) is 5.73 Å². The van der Waals surface area contributed by atoms with E-state index in [1.165, 1.54) is 13.2 Å². The topological polar surface area (TPSA) is 78.4 Å². The van der Waals surface area contributed by atoms with Gasteiger partial charge in [-0.1, -0.05) is 6.07 Å². The van der Waals surface area contributed by atoms with Crippen LogP contribution in [0, 0.1) is 10.1 Å². The van der Waals surface area contributed by atoms with Gasteiger partial charge in [0.05, 0.1) is 12.0 Å². The fraction of sp³-hybridized carbons (Fsp3) is 0.400. The Morgan fingerprint density at radius 1 is 1.53 bits per heavy atom. The summed E-state index contributed by atoms with van der Waals surface area (Å²) in [4.78, 5) is 10.3. The molecule has 0 saturated heterocycles. The second-order valence-electron chi connectivity index (χ2n) is 3.16. The Morgan fingerprint density at radius 2 is 2.27 bits per heavy atom. The zero-order valence-electron chi connectivity index (χ0n) is 8.60. The maximum Gasteiger partial charge on any atom is 0.311 e. The van der Waals surface area contributed by atoms with Crippen molar-refractivity contribution >= 4 is 5.69 Å². The Hall–Kier alpha value is -1.62. The number of nitrogens with two attached hydrogens (primary N) is 1. The van der Waals surface area contributed by atoms with Crippen molar-refractivity contribution in [1.82, 2.24) is 0 Å². The number of aryl methyl sites for hydroxylation is 1. The summed E-state index contributed by atoms with van der Waals surface area (Å²) in [5, 5.41) is 10.7. The highest BCUT2D eigenvalue weighted by molar-refractivity contribution is 5.48. The molecule has 2 N–H and O–H groups in total. The monoisotopic (exact) mass is 210 g/mol. The average molecular weight is 210 g/mol. The van der Waals surface area contributed by atoms with E-state index in [-0.39, 0.29) is 11.4 Å². The van der Waals surface area contributed by atoms with E-state index in [0.717, 1.165) is 18.4 Å². The van der Waals surface area contributed by atoms with E-state index in [1.54, 1.807) is 6.07 Å². The van der Waals surface area contributed by atoms with Gasteiger partial charge in [0.1, 0.15) is 0 Å². The Kier molecular flexibility index (Phi) is 4.05. The summed E-state index contributed by atoms with van der Waals surface area (Å²) in [6.45, 7) is 0.583. The lowest BCUT2D eigenvalue weighted by Gasteiger charge is -2.04. The number of benzene rings is 1. The second-order valence-corrected chi connectivity index (χ2v) is 3.16. The van der Waals surface area contributed by atoms with Crippen LogP contribution in [-0.2, 0) is 6.42 Å². The molecule has 82 valence electrons. The van der Waals surface area contributed by atoms with Crippen LogP contribution in [0.15, 0.2) is 18.2 Å². The maximum absolute atomic E-state index is 10.7. The van der Waals surface area contributed by atoms with Crippen LogP contribution in [0.4, 0.5) is 5.69 Å². The van der Waals surface area contributed by atoms with Crippen molar-refractivity contribution in [3.05, 3.63) is 33.9 Å². The third kappa shape index (κ3) is 2.92. The number of hydrogen-bond acceptors (Lipinski definition) is 4. The number of nitro benzene ring substituents is 1. The Labute approximate surface area is 88.0 Å². The highest BCUT2D eigenvalue weighted by Crippen LogP contribution is 2.27. The minimum absolute atomic E-state index is 0.00650. The standard InChI is InChI=1S/C10H14N2O3/c1-15-10-5-4-8(3-2-6-11)7-9(10)12(13)14/h4-5,7H,2-3,6,11H2,1H3. The van der Waals surface area contributed by atoms with Gasteiger partial charge in [0.25, 0.3) is 0 Å². The van der Waals surface area contributed by atoms with Gasteiger partial charge in [-0.3, -0.25) is 10.1 Å². The van der Waals surface area contributed by atoms with Gasteiger partial charge in [0.15, 0.2) is 5.75 Å². The lowest BCUT2D eigenvalue weighted by atomic mass is 10.1. The van der Waals surface area contributed by atoms with Crippen LogP contribution in [0.5, 0.6) is 5.75 Å². The summed E-state index contributed by atoms with van der Waals surface area (Å²) in [6.07, 6.45) is 1.57. The number of methoxy groups -OCH3 is 1. The summed E-state index contributed by atoms with van der Waals surface area (Å²) in [7, 11) is 1.42. The van der Waals surface area contributed by atoms with Crippen LogP contribution >= 0.6 is 0 Å². The van der Waals surface area contributed by atoms with Crippen LogP contribution in [0.3, 0.4) is 0 Å². The lowest BCUT2D eigenvalue weighted by Crippen LogP contribution is -2.01. The quantitative estimate of drug-likeness (QED) is 0.590. The fourth-order valence-corrected chi connectivity index (χ4v) is 1.34. The molecule has 1 aromatic carbocycles. The Bertz CT molecular complexity index is 353. The molecule has 0 bridgehead atoms. The molecule has 0 fully saturated rings. The Balaban J connectivity index is 2.94. The van der Waals surface area contributed by atoms with Crippen LogP contribution < -0.4 is 10.5 Å². The smallest absolute Gasteiger partial charge is 0.311 e. The molecule has 0 aromatic heterocycles. The molecule has 0 unspecified atom stereocenters. The number of nitrogens with zero attached hydrogens (tertiary/aromatic N) is 1. The summed E-state index contributed by atoms with van der Waals surface area (Å²) in [5.74, 6) is 0.288. The first-order valence-electron chi connectivity index (χ1n) is 4.70. The molecule has 0 spiro atoms. The average Bonchev–Trinajstić information content (AvgIpc) is 2.25. The van der Waals surface area contributed by atoms with Gasteiger partial charge in [-0.05, 0) is 31.0 Å². The number of rotatable bonds is 5. The van der Waals surface area contributed by atoms with Crippen molar-refractivity contribution in [3.63, 3.8) is 0 Å². The molecule has 0 heterocycles. The number of ether oxygens (including phenoxy) is 1. The molecule has 0 amide bonds. The molecular weight excluding hydrogens is 196 g/mol. The van der Waals surface area contributed by atoms with Crippen molar-refractivity contribution in [2.75, 3.05) is 13.7 Å². The fourth-order valence-electron chi connectivity index (χ4n) is 1.34. The molecule has 5 heteroatoms. The normalized spacial score (nSPS) is 10.0. The number of nitro groups is 1. The third-order valence-electron chi connectivity index (χ3n) is 2.11. The summed E-state index contributed by atoms with van der Waals surface area (Å²) >= 11 is 0. The van der Waals surface area contributed by atoms with Crippen molar-refractivity contribution in [3.8, 4) is 5.75 Å². The SMILES string of the molecule is COc1ccc(CCCN)cc1[N+](=O)[O-]. The van der Waals surface area contributed by atoms with Crippen molar-refractivity contribution in [1.29, 1.82) is 0 Å². The molecule has 1 rings (SSSR count). The molecule has 5 nitrogen and oxygen atoms in total. The molecule has 0 saturated carbocycles. The first-order chi connectivity index (χ1) is 7.19. The third-order valence-corrected chi connectivity index (χ3v) is 2.11. The molecule has 0 aliphatic carbocycles. The van der Waals surface area contributed by atoms with Gasteiger partial charge in [0.2, 0.25) is 0 Å². The zero-order valence-corrected chi connectivity index (χ0v) is 8.60. The molecule has 15 heavy (non-hydrogen) atoms. The van der Waals surface area contributed by atoms with Gasteiger partial charge in [-0.15, -0.1) is 0 Å². The van der Waals surface area contributed by atoms with E-state index in [0.29, 0.717) is 6.54 Å². The van der Waals surface area contributed by atoms with Crippen LogP contribution in [0.1, 0.15) is 12.0 Å². The highest BCUT2D eigenvalue weighted by atomic mass is 16.6. The van der Waals surface area contributed by atoms with Crippen LogP contribution in [0.2, 0.25) is 0 Å². The van der Waals surface area contributed by atoms with Gasteiger partial charge in [-0.25, -0.2) is 0 Å². The molecular formula is C10H14N2O3. The number of hydrogen-bond donors (Lipinski definition) is 1. The maximum atomic E-state index is 10.7. The molecule has 0 aliphatic heterocycles. The molecule has 1 aromatic rings. The molecule has 0 aliphatic rings. The zero-order chi connectivity index (χ0) is 11.3. The van der Waals surface area contributed by atoms with E-state index in [2.05, 4.69) is 0 Å². The van der Waals surface area contributed by atoms with E-state index >= 15 is 0 Å². The first-order valence-corrected chi connectivity index (χ1v) is 4.70. The lowest BCUT2D eigenvalue weighted by molar-refractivity contribution is -0.385. The minimum atomic E-state index is -0.440. The van der Waals surface area contributed by atoms with E-state index < -0.39 is 4.92 Å². The van der Waals surface area contributed by atoms with E-state index in [1.807, 2.05) is 6.07 Å². The molecule has 0 atom stereocenters. The van der Waals surface area contributed by atoms with E-state index in [9.17, 15) is 10.1 Å². The predicted octanol–water partition coefficient (Wildman–Crippen LogP) is 1.49. The van der Waals surface area contributed by atoms with Crippen molar-refractivity contribution in [2.45, 2.75) is 12.8 Å². The second kappa shape index (κ2) is 5.31. The van der Waals surface area contributed by atoms with Gasteiger partial charge < -0.3 is 10.5 Å². The molecule has 0 radical (unpaired) electrons. The van der Waals surface area contributed by atoms with Crippen LogP contribution in [0.25, 0.3) is 0 Å². The van der Waals surface area contributed by atoms with Gasteiger partial charge in [-0.2, -0.15) is 0 Å². The van der Waals surface area contributed by atoms with Gasteiger partial charge >= 0.3 is 5.69 Å². The summed E-state index contributed by atoms with van der Waals surface area (Å²) in [6, 6.07) is 4.97.